The van der Waals surface area contributed by atoms with Gasteiger partial charge in [0, 0.05) is 23.7 Å². The molecule has 0 fully saturated rings. The molecule has 7 nitrogen and oxygen atoms in total. The maximum Gasteiger partial charge on any atom is 0.270 e. The fourth-order valence-corrected chi connectivity index (χ4v) is 5.61. The van der Waals surface area contributed by atoms with E-state index in [-0.39, 0.29) is 16.7 Å². The number of aryl methyl sites for hydroxylation is 2. The molecule has 1 amide bonds. The molecule has 1 aromatic heterocycles. The SMILES string of the molecule is CCC(C)(C)c1ccc(OCCCCNC(=O)c2cc(-c3ccc(OC)cc3OC)nn2-c2ccc(C)cc2C)c(C(C)(C)CC)c1. The van der Waals surface area contributed by atoms with Crippen molar-refractivity contribution in [2.75, 3.05) is 27.4 Å². The molecule has 0 atom stereocenters. The number of ether oxygens (including phenoxy) is 3. The van der Waals surface area contributed by atoms with Gasteiger partial charge in [0.1, 0.15) is 22.9 Å². The Morgan fingerprint density at radius 2 is 1.57 bits per heavy atom. The van der Waals surface area contributed by atoms with Crippen molar-refractivity contribution in [1.29, 1.82) is 0 Å². The van der Waals surface area contributed by atoms with E-state index in [1.165, 1.54) is 11.1 Å². The van der Waals surface area contributed by atoms with Crippen LogP contribution >= 0.6 is 0 Å². The second kappa shape index (κ2) is 15.1. The van der Waals surface area contributed by atoms with Crippen LogP contribution in [0.2, 0.25) is 0 Å². The lowest BCUT2D eigenvalue weighted by molar-refractivity contribution is 0.0944. The number of methoxy groups -OCH3 is 2. The van der Waals surface area contributed by atoms with Gasteiger partial charge >= 0.3 is 0 Å². The lowest BCUT2D eigenvalue weighted by atomic mass is 9.76. The van der Waals surface area contributed by atoms with Crippen LogP contribution in [-0.2, 0) is 10.8 Å². The topological polar surface area (TPSA) is 74.6 Å². The standard InChI is InChI=1S/C40H53N3O4/c1-11-39(5,6)29-16-20-36(32(24-29)40(7,8)12-2)47-22-14-13-21-41-38(44)35-26-33(31-18-17-30(45-9)25-37(31)46-10)42-43(35)34-19-15-27(3)23-28(34)4/h15-20,23-26H,11-14,21-22H2,1-10H3,(H,41,44). The number of carbonyl (C=O) groups is 1. The minimum absolute atomic E-state index is 0.0105. The minimum Gasteiger partial charge on any atom is -0.497 e. The summed E-state index contributed by atoms with van der Waals surface area (Å²) in [7, 11) is 3.23. The van der Waals surface area contributed by atoms with Crippen molar-refractivity contribution in [3.05, 3.63) is 88.6 Å². The van der Waals surface area contributed by atoms with Crippen molar-refractivity contribution in [3.8, 4) is 34.2 Å². The number of unbranched alkanes of at least 4 members (excludes halogenated alkanes) is 1. The third-order valence-electron chi connectivity index (χ3n) is 9.58. The molecular formula is C40H53N3O4. The number of hydrogen-bond acceptors (Lipinski definition) is 5. The van der Waals surface area contributed by atoms with Crippen LogP contribution in [0.5, 0.6) is 17.2 Å². The number of carbonyl (C=O) groups excluding carboxylic acids is 1. The lowest BCUT2D eigenvalue weighted by Crippen LogP contribution is -2.27. The fourth-order valence-electron chi connectivity index (χ4n) is 5.61. The summed E-state index contributed by atoms with van der Waals surface area (Å²) in [5.41, 5.74) is 7.65. The number of nitrogens with one attached hydrogen (secondary N) is 1. The number of nitrogens with zero attached hydrogens (tertiary/aromatic N) is 2. The molecule has 0 aliphatic rings. The first-order valence-corrected chi connectivity index (χ1v) is 16.8. The van der Waals surface area contributed by atoms with Gasteiger partial charge in [-0.2, -0.15) is 5.10 Å². The molecule has 3 aromatic carbocycles. The summed E-state index contributed by atoms with van der Waals surface area (Å²) in [5.74, 6) is 2.08. The van der Waals surface area contributed by atoms with Crippen LogP contribution in [0.25, 0.3) is 16.9 Å². The summed E-state index contributed by atoms with van der Waals surface area (Å²) < 4.78 is 19.1. The monoisotopic (exact) mass is 639 g/mol. The first kappa shape index (κ1) is 35.6. The quantitative estimate of drug-likeness (QED) is 0.131. The maximum atomic E-state index is 13.6. The Morgan fingerprint density at radius 3 is 2.23 bits per heavy atom. The van der Waals surface area contributed by atoms with Gasteiger partial charge in [0.15, 0.2) is 0 Å². The minimum atomic E-state index is -0.182. The molecule has 1 N–H and O–H groups in total. The van der Waals surface area contributed by atoms with Gasteiger partial charge in [-0.25, -0.2) is 4.68 Å². The molecule has 7 heteroatoms. The summed E-state index contributed by atoms with van der Waals surface area (Å²) in [6.07, 6.45) is 3.71. The van der Waals surface area contributed by atoms with E-state index in [1.54, 1.807) is 18.9 Å². The second-order valence-corrected chi connectivity index (χ2v) is 13.7. The highest BCUT2D eigenvalue weighted by atomic mass is 16.5. The van der Waals surface area contributed by atoms with Gasteiger partial charge < -0.3 is 19.5 Å². The van der Waals surface area contributed by atoms with E-state index in [9.17, 15) is 4.79 Å². The van der Waals surface area contributed by atoms with E-state index in [4.69, 9.17) is 19.3 Å². The van der Waals surface area contributed by atoms with Crippen molar-refractivity contribution in [2.45, 2.75) is 91.9 Å². The first-order chi connectivity index (χ1) is 22.3. The number of rotatable bonds is 15. The van der Waals surface area contributed by atoms with Crippen LogP contribution in [0.4, 0.5) is 0 Å². The van der Waals surface area contributed by atoms with E-state index in [0.29, 0.717) is 36.0 Å². The fraction of sp³-hybridized carbons (Fsp3) is 0.450. The van der Waals surface area contributed by atoms with Gasteiger partial charge in [0.25, 0.3) is 5.91 Å². The molecule has 4 rings (SSSR count). The van der Waals surface area contributed by atoms with Crippen molar-refractivity contribution < 1.29 is 19.0 Å². The molecule has 0 aliphatic heterocycles. The summed E-state index contributed by atoms with van der Waals surface area (Å²) in [4.78, 5) is 13.6. The van der Waals surface area contributed by atoms with Gasteiger partial charge in [-0.1, -0.05) is 71.4 Å². The normalized spacial score (nSPS) is 11.8. The van der Waals surface area contributed by atoms with Crippen molar-refractivity contribution >= 4 is 5.91 Å². The Kier molecular flexibility index (Phi) is 11.4. The van der Waals surface area contributed by atoms with Crippen LogP contribution in [0.3, 0.4) is 0 Å². The molecule has 0 bridgehead atoms. The molecule has 47 heavy (non-hydrogen) atoms. The Morgan fingerprint density at radius 1 is 0.830 bits per heavy atom. The van der Waals surface area contributed by atoms with Crippen molar-refractivity contribution in [3.63, 3.8) is 0 Å². The maximum absolute atomic E-state index is 13.6. The summed E-state index contributed by atoms with van der Waals surface area (Å²) in [5, 5.41) is 8.01. The Hall–Kier alpha value is -4.26. The highest BCUT2D eigenvalue weighted by molar-refractivity contribution is 5.94. The molecule has 1 heterocycles. The first-order valence-electron chi connectivity index (χ1n) is 16.8. The molecule has 252 valence electrons. The highest BCUT2D eigenvalue weighted by Crippen LogP contribution is 2.39. The molecule has 0 radical (unpaired) electrons. The average molecular weight is 640 g/mol. The molecule has 0 spiro atoms. The van der Waals surface area contributed by atoms with Gasteiger partial charge in [-0.3, -0.25) is 4.79 Å². The number of aromatic nitrogens is 2. The molecular weight excluding hydrogens is 586 g/mol. The van der Waals surface area contributed by atoms with Crippen molar-refractivity contribution in [1.82, 2.24) is 15.1 Å². The van der Waals surface area contributed by atoms with Gasteiger partial charge in [-0.05, 0) is 91.8 Å². The van der Waals surface area contributed by atoms with E-state index >= 15 is 0 Å². The largest absolute Gasteiger partial charge is 0.497 e. The van der Waals surface area contributed by atoms with E-state index in [1.807, 2.05) is 43.3 Å². The molecule has 0 unspecified atom stereocenters. The third kappa shape index (κ3) is 8.19. The Balaban J connectivity index is 1.47. The zero-order valence-corrected chi connectivity index (χ0v) is 30.0. The van der Waals surface area contributed by atoms with E-state index in [2.05, 4.69) is 78.0 Å². The van der Waals surface area contributed by atoms with Gasteiger partial charge in [0.05, 0.1) is 32.2 Å². The summed E-state index contributed by atoms with van der Waals surface area (Å²) in [6, 6.07) is 20.2. The third-order valence-corrected chi connectivity index (χ3v) is 9.58. The highest BCUT2D eigenvalue weighted by Gasteiger charge is 2.27. The Labute approximate surface area is 281 Å². The van der Waals surface area contributed by atoms with E-state index < -0.39 is 0 Å². The van der Waals surface area contributed by atoms with Crippen LogP contribution in [0, 0.1) is 13.8 Å². The van der Waals surface area contributed by atoms with E-state index in [0.717, 1.165) is 53.8 Å². The number of benzene rings is 3. The average Bonchev–Trinajstić information content (AvgIpc) is 3.50. The zero-order chi connectivity index (χ0) is 34.4. The van der Waals surface area contributed by atoms with Crippen molar-refractivity contribution in [2.24, 2.45) is 0 Å². The van der Waals surface area contributed by atoms with Crippen LogP contribution in [-0.4, -0.2) is 43.1 Å². The predicted octanol–water partition coefficient (Wildman–Crippen LogP) is 9.14. The van der Waals surface area contributed by atoms with Crippen LogP contribution < -0.4 is 19.5 Å². The zero-order valence-electron chi connectivity index (χ0n) is 30.0. The van der Waals surface area contributed by atoms with Gasteiger partial charge in [-0.15, -0.1) is 0 Å². The smallest absolute Gasteiger partial charge is 0.270 e. The van der Waals surface area contributed by atoms with Crippen LogP contribution in [0.1, 0.15) is 100.0 Å². The lowest BCUT2D eigenvalue weighted by Gasteiger charge is -2.30. The second-order valence-electron chi connectivity index (χ2n) is 13.7. The van der Waals surface area contributed by atoms with Gasteiger partial charge in [0.2, 0.25) is 0 Å². The molecule has 0 saturated carbocycles. The molecule has 0 aliphatic carbocycles. The number of hydrogen-bond donors (Lipinski definition) is 1. The molecule has 0 saturated heterocycles. The van der Waals surface area contributed by atoms with Crippen LogP contribution in [0.15, 0.2) is 60.7 Å². The number of amides is 1. The molecule has 4 aromatic rings. The summed E-state index contributed by atoms with van der Waals surface area (Å²) in [6.45, 7) is 18.8. The summed E-state index contributed by atoms with van der Waals surface area (Å²) >= 11 is 0. The Bertz CT molecular complexity index is 1680. The predicted molar refractivity (Wildman–Crippen MR) is 192 cm³/mol.